The molecular formula is C23H18FN3OS. The largest absolute Gasteiger partial charge is 0.321 e. The predicted molar refractivity (Wildman–Crippen MR) is 113 cm³/mol. The third-order valence-electron chi connectivity index (χ3n) is 5.15. The van der Waals surface area contributed by atoms with Crippen molar-refractivity contribution in [1.29, 1.82) is 0 Å². The number of anilines is 1. The summed E-state index contributed by atoms with van der Waals surface area (Å²) in [5.74, 6) is -0.501. The highest BCUT2D eigenvalue weighted by molar-refractivity contribution is 7.17. The van der Waals surface area contributed by atoms with Crippen molar-refractivity contribution in [3.63, 3.8) is 0 Å². The first kappa shape index (κ1) is 17.8. The number of hydrogen-bond acceptors (Lipinski definition) is 3. The van der Waals surface area contributed by atoms with Crippen LogP contribution in [0, 0.1) is 12.7 Å². The summed E-state index contributed by atoms with van der Waals surface area (Å²) < 4.78 is 15.1. The van der Waals surface area contributed by atoms with E-state index in [-0.39, 0.29) is 11.7 Å². The van der Waals surface area contributed by atoms with Crippen LogP contribution >= 0.6 is 11.3 Å². The number of nitrogens with one attached hydrogen (secondary N) is 1. The Morgan fingerprint density at radius 3 is 2.62 bits per heavy atom. The SMILES string of the molecule is Cc1nn(-c2ccccc2)c2c1-c1sc(C(=O)Nc3ccc(F)cc3)cc1CC2. The van der Waals surface area contributed by atoms with E-state index < -0.39 is 0 Å². The van der Waals surface area contributed by atoms with E-state index in [1.165, 1.54) is 34.7 Å². The van der Waals surface area contributed by atoms with E-state index in [4.69, 9.17) is 5.10 Å². The number of aryl methyl sites for hydroxylation is 2. The Hall–Kier alpha value is -3.25. The maximum absolute atomic E-state index is 13.1. The van der Waals surface area contributed by atoms with E-state index in [1.54, 1.807) is 12.1 Å². The Morgan fingerprint density at radius 2 is 1.86 bits per heavy atom. The van der Waals surface area contributed by atoms with E-state index in [9.17, 15) is 9.18 Å². The topological polar surface area (TPSA) is 46.9 Å². The number of benzene rings is 2. The second-order valence-corrected chi connectivity index (χ2v) is 8.13. The molecule has 1 aliphatic carbocycles. The molecule has 0 unspecified atom stereocenters. The van der Waals surface area contributed by atoms with Gasteiger partial charge in [0.15, 0.2) is 0 Å². The molecule has 4 aromatic rings. The number of thiophene rings is 1. The fourth-order valence-corrected chi connectivity index (χ4v) is 5.03. The molecule has 0 aliphatic heterocycles. The molecule has 0 fully saturated rings. The zero-order valence-electron chi connectivity index (χ0n) is 15.8. The molecule has 29 heavy (non-hydrogen) atoms. The number of aromatic nitrogens is 2. The second-order valence-electron chi connectivity index (χ2n) is 7.08. The number of para-hydroxylation sites is 1. The number of carbonyl (C=O) groups is 1. The first-order valence-electron chi connectivity index (χ1n) is 9.44. The van der Waals surface area contributed by atoms with Crippen molar-refractivity contribution in [2.75, 3.05) is 5.32 Å². The van der Waals surface area contributed by atoms with Gasteiger partial charge in [-0.1, -0.05) is 18.2 Å². The quantitative estimate of drug-likeness (QED) is 0.498. The fraction of sp³-hybridized carbons (Fsp3) is 0.130. The normalized spacial score (nSPS) is 12.3. The average Bonchev–Trinajstić information content (AvgIpc) is 3.31. The van der Waals surface area contributed by atoms with Crippen molar-refractivity contribution in [2.24, 2.45) is 0 Å². The molecule has 0 saturated carbocycles. The van der Waals surface area contributed by atoms with E-state index in [1.807, 2.05) is 35.9 Å². The summed E-state index contributed by atoms with van der Waals surface area (Å²) in [4.78, 5) is 14.5. The lowest BCUT2D eigenvalue weighted by molar-refractivity contribution is 0.103. The van der Waals surface area contributed by atoms with Gasteiger partial charge in [0.2, 0.25) is 0 Å². The van der Waals surface area contributed by atoms with Crippen LogP contribution in [0.1, 0.15) is 26.6 Å². The van der Waals surface area contributed by atoms with E-state index >= 15 is 0 Å². The van der Waals surface area contributed by atoms with Gasteiger partial charge in [0.25, 0.3) is 5.91 Å². The maximum Gasteiger partial charge on any atom is 0.265 e. The van der Waals surface area contributed by atoms with Gasteiger partial charge >= 0.3 is 0 Å². The van der Waals surface area contributed by atoms with Crippen LogP contribution in [0.5, 0.6) is 0 Å². The summed E-state index contributed by atoms with van der Waals surface area (Å²) in [7, 11) is 0. The number of hydrogen-bond donors (Lipinski definition) is 1. The Balaban J connectivity index is 1.50. The molecular weight excluding hydrogens is 385 g/mol. The summed E-state index contributed by atoms with van der Waals surface area (Å²) in [6, 6.07) is 17.9. The third-order valence-corrected chi connectivity index (χ3v) is 6.34. The molecule has 6 heteroatoms. The van der Waals surface area contributed by atoms with Crippen molar-refractivity contribution in [2.45, 2.75) is 19.8 Å². The highest BCUT2D eigenvalue weighted by Crippen LogP contribution is 2.42. The number of halogens is 1. The smallest absolute Gasteiger partial charge is 0.265 e. The predicted octanol–water partition coefficient (Wildman–Crippen LogP) is 5.40. The molecule has 0 radical (unpaired) electrons. The standard InChI is InChI=1S/C23H18FN3OS/c1-14-21-19(27(26-14)18-5-3-2-4-6-18)12-7-15-13-20(29-22(15)21)23(28)25-17-10-8-16(24)9-11-17/h2-6,8-11,13H,7,12H2,1H3,(H,25,28). The molecule has 5 rings (SSSR count). The molecule has 1 N–H and O–H groups in total. The maximum atomic E-state index is 13.1. The number of rotatable bonds is 3. The minimum absolute atomic E-state index is 0.175. The zero-order valence-corrected chi connectivity index (χ0v) is 16.6. The Kier molecular flexibility index (Phi) is 4.28. The zero-order chi connectivity index (χ0) is 20.0. The van der Waals surface area contributed by atoms with Gasteiger partial charge in [0.1, 0.15) is 5.82 Å². The van der Waals surface area contributed by atoms with E-state index in [2.05, 4.69) is 17.4 Å². The van der Waals surface area contributed by atoms with Gasteiger partial charge in [-0.15, -0.1) is 11.3 Å². The first-order valence-corrected chi connectivity index (χ1v) is 10.3. The lowest BCUT2D eigenvalue weighted by atomic mass is 9.95. The van der Waals surface area contributed by atoms with Crippen molar-refractivity contribution in [3.05, 3.63) is 88.3 Å². The van der Waals surface area contributed by atoms with Crippen LogP contribution in [-0.4, -0.2) is 15.7 Å². The molecule has 2 aromatic heterocycles. The van der Waals surface area contributed by atoms with Gasteiger partial charge in [0, 0.05) is 16.1 Å². The number of fused-ring (bicyclic) bond motifs is 3. The van der Waals surface area contributed by atoms with Crippen molar-refractivity contribution in [1.82, 2.24) is 9.78 Å². The van der Waals surface area contributed by atoms with Crippen LogP contribution in [0.4, 0.5) is 10.1 Å². The van der Waals surface area contributed by atoms with Gasteiger partial charge in [-0.2, -0.15) is 5.10 Å². The summed E-state index contributed by atoms with van der Waals surface area (Å²) >= 11 is 1.49. The summed E-state index contributed by atoms with van der Waals surface area (Å²) in [5.41, 5.74) is 6.11. The molecule has 4 nitrogen and oxygen atoms in total. The molecule has 1 amide bonds. The van der Waals surface area contributed by atoms with Crippen LogP contribution < -0.4 is 5.32 Å². The summed E-state index contributed by atoms with van der Waals surface area (Å²) in [5, 5.41) is 7.63. The minimum atomic E-state index is -0.326. The second kappa shape index (κ2) is 6.97. The number of carbonyl (C=O) groups excluding carboxylic acids is 1. The lowest BCUT2D eigenvalue weighted by Crippen LogP contribution is -2.10. The summed E-state index contributed by atoms with van der Waals surface area (Å²) in [6.07, 6.45) is 1.76. The van der Waals surface area contributed by atoms with Crippen LogP contribution in [0.3, 0.4) is 0 Å². The molecule has 2 aromatic carbocycles. The van der Waals surface area contributed by atoms with Gasteiger partial charge in [0.05, 0.1) is 22.0 Å². The van der Waals surface area contributed by atoms with E-state index in [0.717, 1.165) is 34.7 Å². The van der Waals surface area contributed by atoms with Crippen molar-refractivity contribution >= 4 is 22.9 Å². The minimum Gasteiger partial charge on any atom is -0.321 e. The van der Waals surface area contributed by atoms with Gasteiger partial charge in [-0.05, 0) is 67.8 Å². The van der Waals surface area contributed by atoms with E-state index in [0.29, 0.717) is 10.6 Å². The Bertz CT molecular complexity index is 1210. The van der Waals surface area contributed by atoms with Gasteiger partial charge in [-0.25, -0.2) is 9.07 Å². The molecule has 2 heterocycles. The molecule has 1 aliphatic rings. The number of amides is 1. The first-order chi connectivity index (χ1) is 14.1. The molecule has 144 valence electrons. The van der Waals surface area contributed by atoms with Gasteiger partial charge < -0.3 is 5.32 Å². The van der Waals surface area contributed by atoms with Crippen molar-refractivity contribution in [3.8, 4) is 16.1 Å². The summed E-state index contributed by atoms with van der Waals surface area (Å²) in [6.45, 7) is 2.02. The molecule has 0 atom stereocenters. The highest BCUT2D eigenvalue weighted by atomic mass is 32.1. The monoisotopic (exact) mass is 403 g/mol. The van der Waals surface area contributed by atoms with Crippen LogP contribution in [0.2, 0.25) is 0 Å². The molecule has 0 bridgehead atoms. The highest BCUT2D eigenvalue weighted by Gasteiger charge is 2.27. The van der Waals surface area contributed by atoms with Crippen LogP contribution in [-0.2, 0) is 12.8 Å². The number of nitrogens with zero attached hydrogens (tertiary/aromatic N) is 2. The fourth-order valence-electron chi connectivity index (χ4n) is 3.80. The third kappa shape index (κ3) is 3.15. The van der Waals surface area contributed by atoms with Gasteiger partial charge in [-0.3, -0.25) is 4.79 Å². The Labute approximate surface area is 171 Å². The lowest BCUT2D eigenvalue weighted by Gasteiger charge is -2.14. The van der Waals surface area contributed by atoms with Crippen LogP contribution in [0.25, 0.3) is 16.1 Å². The van der Waals surface area contributed by atoms with Crippen molar-refractivity contribution < 1.29 is 9.18 Å². The molecule has 0 saturated heterocycles. The Morgan fingerprint density at radius 1 is 1.10 bits per heavy atom. The average molecular weight is 403 g/mol. The molecule has 0 spiro atoms. The van der Waals surface area contributed by atoms with Crippen LogP contribution in [0.15, 0.2) is 60.7 Å².